The maximum atomic E-state index is 12.4. The first kappa shape index (κ1) is 22.6. The minimum Gasteiger partial charge on any atom is -0.491 e. The fourth-order valence-corrected chi connectivity index (χ4v) is 2.58. The zero-order valence-electron chi connectivity index (χ0n) is 17.1. The highest BCUT2D eigenvalue weighted by atomic mass is 32.1. The summed E-state index contributed by atoms with van der Waals surface area (Å²) < 4.78 is 16.7. The normalized spacial score (nSPS) is 11.4. The number of carbonyl (C=O) groups excluding carboxylic acids is 1. The van der Waals surface area contributed by atoms with Gasteiger partial charge in [0.25, 0.3) is 5.91 Å². The Labute approximate surface area is 177 Å². The highest BCUT2D eigenvalue weighted by Crippen LogP contribution is 2.23. The molecule has 0 aromatic heterocycles. The summed E-state index contributed by atoms with van der Waals surface area (Å²) in [5.41, 5.74) is 1.17. The van der Waals surface area contributed by atoms with Crippen molar-refractivity contribution in [2.75, 3.05) is 25.1 Å². The van der Waals surface area contributed by atoms with E-state index in [9.17, 15) is 4.79 Å². The third-order valence-corrected chi connectivity index (χ3v) is 4.28. The fourth-order valence-electron chi connectivity index (χ4n) is 2.38. The monoisotopic (exact) mass is 416 g/mol. The van der Waals surface area contributed by atoms with E-state index in [4.69, 9.17) is 26.4 Å². The number of para-hydroxylation sites is 2. The average Bonchev–Trinajstić information content (AvgIpc) is 2.72. The molecular formula is C22H28N2O4S. The molecule has 0 bridgehead atoms. The Morgan fingerprint density at radius 2 is 1.79 bits per heavy atom. The second-order valence-corrected chi connectivity index (χ2v) is 6.72. The van der Waals surface area contributed by atoms with Crippen molar-refractivity contribution in [3.05, 3.63) is 54.1 Å². The van der Waals surface area contributed by atoms with Crippen LogP contribution in [0, 0.1) is 0 Å². The Kier molecular flexibility index (Phi) is 9.40. The van der Waals surface area contributed by atoms with Gasteiger partial charge in [-0.1, -0.05) is 19.1 Å². The number of anilines is 1. The van der Waals surface area contributed by atoms with Crippen LogP contribution in [0.5, 0.6) is 11.5 Å². The average molecular weight is 417 g/mol. The molecule has 0 spiro atoms. The second-order valence-electron chi connectivity index (χ2n) is 6.31. The molecule has 0 aliphatic carbocycles. The van der Waals surface area contributed by atoms with Crippen molar-refractivity contribution in [2.24, 2.45) is 0 Å². The molecule has 0 saturated heterocycles. The van der Waals surface area contributed by atoms with Crippen molar-refractivity contribution in [3.63, 3.8) is 0 Å². The van der Waals surface area contributed by atoms with Gasteiger partial charge in [-0.2, -0.15) is 0 Å². The SMILES string of the molecule is CCOCCOc1ccccc1NC(=S)NC(=O)c1ccc(OC(C)CC)cc1. The van der Waals surface area contributed by atoms with E-state index < -0.39 is 0 Å². The van der Waals surface area contributed by atoms with Gasteiger partial charge in [-0.25, -0.2) is 0 Å². The summed E-state index contributed by atoms with van der Waals surface area (Å²) in [5.74, 6) is 1.07. The molecule has 1 amide bonds. The smallest absolute Gasteiger partial charge is 0.257 e. The van der Waals surface area contributed by atoms with Gasteiger partial charge < -0.3 is 19.5 Å². The van der Waals surface area contributed by atoms with Crippen LogP contribution >= 0.6 is 12.2 Å². The number of rotatable bonds is 10. The Morgan fingerprint density at radius 1 is 1.07 bits per heavy atom. The number of benzene rings is 2. The van der Waals surface area contributed by atoms with Crippen LogP contribution in [0.2, 0.25) is 0 Å². The van der Waals surface area contributed by atoms with Crippen molar-refractivity contribution in [3.8, 4) is 11.5 Å². The molecule has 156 valence electrons. The first-order valence-corrected chi connectivity index (χ1v) is 10.1. The zero-order valence-corrected chi connectivity index (χ0v) is 17.9. The standard InChI is InChI=1S/C22H28N2O4S/c1-4-16(3)28-18-12-10-17(11-13-18)21(25)24-22(29)23-19-8-6-7-9-20(19)27-15-14-26-5-2/h6-13,16H,4-5,14-15H2,1-3H3,(H2,23,24,25,29). The van der Waals surface area contributed by atoms with Gasteiger partial charge in [0.05, 0.1) is 18.4 Å². The van der Waals surface area contributed by atoms with Gasteiger partial charge in [-0.05, 0) is 68.9 Å². The second kappa shape index (κ2) is 12.0. The quantitative estimate of drug-likeness (QED) is 0.442. The van der Waals surface area contributed by atoms with E-state index in [1.807, 2.05) is 38.1 Å². The lowest BCUT2D eigenvalue weighted by Gasteiger charge is -2.15. The van der Waals surface area contributed by atoms with Crippen molar-refractivity contribution >= 4 is 28.9 Å². The molecule has 2 rings (SSSR count). The molecule has 2 aromatic rings. The van der Waals surface area contributed by atoms with Crippen LogP contribution in [0.4, 0.5) is 5.69 Å². The van der Waals surface area contributed by atoms with E-state index in [-0.39, 0.29) is 17.1 Å². The predicted molar refractivity (Wildman–Crippen MR) is 119 cm³/mol. The summed E-state index contributed by atoms with van der Waals surface area (Å²) in [6.07, 6.45) is 1.04. The van der Waals surface area contributed by atoms with Gasteiger partial charge in [-0.15, -0.1) is 0 Å². The maximum Gasteiger partial charge on any atom is 0.257 e. The van der Waals surface area contributed by atoms with Crippen LogP contribution in [-0.2, 0) is 4.74 Å². The molecule has 6 nitrogen and oxygen atoms in total. The van der Waals surface area contributed by atoms with Gasteiger partial charge in [0.15, 0.2) is 5.11 Å². The van der Waals surface area contributed by atoms with Crippen molar-refractivity contribution in [2.45, 2.75) is 33.3 Å². The molecular weight excluding hydrogens is 388 g/mol. The van der Waals surface area contributed by atoms with Crippen molar-refractivity contribution in [1.29, 1.82) is 0 Å². The summed E-state index contributed by atoms with van der Waals surface area (Å²) in [6.45, 7) is 7.57. The zero-order chi connectivity index (χ0) is 21.1. The number of thiocarbonyl (C=S) groups is 1. The van der Waals surface area contributed by atoms with Gasteiger partial charge in [0.2, 0.25) is 0 Å². The Bertz CT molecular complexity index is 796. The number of ether oxygens (including phenoxy) is 3. The van der Waals surface area contributed by atoms with Crippen LogP contribution in [-0.4, -0.2) is 36.9 Å². The van der Waals surface area contributed by atoms with Crippen LogP contribution in [0.25, 0.3) is 0 Å². The number of nitrogens with one attached hydrogen (secondary N) is 2. The highest BCUT2D eigenvalue weighted by Gasteiger charge is 2.11. The lowest BCUT2D eigenvalue weighted by atomic mass is 10.2. The molecule has 0 aliphatic rings. The molecule has 7 heteroatoms. The highest BCUT2D eigenvalue weighted by molar-refractivity contribution is 7.80. The molecule has 0 heterocycles. The van der Waals surface area contributed by atoms with Crippen LogP contribution in [0.15, 0.2) is 48.5 Å². The molecule has 0 fully saturated rings. The fraction of sp³-hybridized carbons (Fsp3) is 0.364. The summed E-state index contributed by atoms with van der Waals surface area (Å²) in [4.78, 5) is 12.4. The summed E-state index contributed by atoms with van der Waals surface area (Å²) >= 11 is 5.28. The van der Waals surface area contributed by atoms with Gasteiger partial charge >= 0.3 is 0 Å². The molecule has 1 atom stereocenters. The van der Waals surface area contributed by atoms with Crippen LogP contribution < -0.4 is 20.1 Å². The minimum absolute atomic E-state index is 0.127. The maximum absolute atomic E-state index is 12.4. The van der Waals surface area contributed by atoms with Gasteiger partial charge in [-0.3, -0.25) is 10.1 Å². The van der Waals surface area contributed by atoms with Gasteiger partial charge in [0, 0.05) is 12.2 Å². The molecule has 0 aliphatic heterocycles. The summed E-state index contributed by atoms with van der Waals surface area (Å²) in [5, 5.41) is 5.88. The van der Waals surface area contributed by atoms with Crippen molar-refractivity contribution < 1.29 is 19.0 Å². The van der Waals surface area contributed by atoms with E-state index >= 15 is 0 Å². The van der Waals surface area contributed by atoms with Gasteiger partial charge in [0.1, 0.15) is 18.1 Å². The molecule has 0 saturated carbocycles. The molecule has 0 radical (unpaired) electrons. The molecule has 1 unspecified atom stereocenters. The lowest BCUT2D eigenvalue weighted by molar-refractivity contribution is 0.0977. The Balaban J connectivity index is 1.91. The Morgan fingerprint density at radius 3 is 2.48 bits per heavy atom. The predicted octanol–water partition coefficient (Wildman–Crippen LogP) is 4.41. The first-order chi connectivity index (χ1) is 14.0. The summed E-state index contributed by atoms with van der Waals surface area (Å²) in [7, 11) is 0. The number of hydrogen-bond acceptors (Lipinski definition) is 5. The van der Waals surface area contributed by atoms with E-state index in [0.717, 1.165) is 12.2 Å². The van der Waals surface area contributed by atoms with E-state index in [1.165, 1.54) is 0 Å². The summed E-state index contributed by atoms with van der Waals surface area (Å²) in [6, 6.07) is 14.4. The Hall–Kier alpha value is -2.64. The molecule has 29 heavy (non-hydrogen) atoms. The third kappa shape index (κ3) is 7.71. The van der Waals surface area contributed by atoms with E-state index in [1.54, 1.807) is 24.3 Å². The van der Waals surface area contributed by atoms with E-state index in [2.05, 4.69) is 17.6 Å². The lowest BCUT2D eigenvalue weighted by Crippen LogP contribution is -2.34. The first-order valence-electron chi connectivity index (χ1n) is 9.72. The van der Waals surface area contributed by atoms with Crippen molar-refractivity contribution in [1.82, 2.24) is 5.32 Å². The largest absolute Gasteiger partial charge is 0.491 e. The molecule has 2 N–H and O–H groups in total. The topological polar surface area (TPSA) is 68.8 Å². The van der Waals surface area contributed by atoms with Crippen LogP contribution in [0.3, 0.4) is 0 Å². The minimum atomic E-state index is -0.299. The van der Waals surface area contributed by atoms with Crippen LogP contribution in [0.1, 0.15) is 37.6 Å². The number of hydrogen-bond donors (Lipinski definition) is 2. The van der Waals surface area contributed by atoms with E-state index in [0.29, 0.717) is 36.8 Å². The number of carbonyl (C=O) groups is 1. The molecule has 2 aromatic carbocycles. The third-order valence-electron chi connectivity index (χ3n) is 4.08. The number of amides is 1.